The number of ether oxygens (including phenoxy) is 2. The average Bonchev–Trinajstić information content (AvgIpc) is 2.90. The Balaban J connectivity index is 1.59. The molecule has 0 bridgehead atoms. The largest absolute Gasteiger partial charge is 0.511 e. The molecule has 0 amide bonds. The highest BCUT2D eigenvalue weighted by Crippen LogP contribution is 2.54. The predicted molar refractivity (Wildman–Crippen MR) is 138 cm³/mol. The lowest BCUT2D eigenvalue weighted by Gasteiger charge is -2.47. The molecule has 1 saturated heterocycles. The summed E-state index contributed by atoms with van der Waals surface area (Å²) in [7, 11) is 1.41. The number of hydrogen-bond donors (Lipinski definition) is 5. The van der Waals surface area contributed by atoms with Gasteiger partial charge < -0.3 is 35.6 Å². The van der Waals surface area contributed by atoms with Gasteiger partial charge in [-0.3, -0.25) is 14.4 Å². The van der Waals surface area contributed by atoms with Crippen molar-refractivity contribution < 1.29 is 44.3 Å². The van der Waals surface area contributed by atoms with Crippen LogP contribution in [0.2, 0.25) is 0 Å². The van der Waals surface area contributed by atoms with E-state index in [4.69, 9.17) is 15.2 Å². The Morgan fingerprint density at radius 2 is 1.85 bits per heavy atom. The number of hydrogen-bond acceptors (Lipinski definition) is 10. The van der Waals surface area contributed by atoms with Crippen LogP contribution in [0.5, 0.6) is 0 Å². The maximum absolute atomic E-state index is 13.8. The molecule has 0 aromatic heterocycles. The number of methoxy groups -OCH3 is 1. The molecule has 1 aliphatic heterocycles. The molecule has 212 valence electrons. The van der Waals surface area contributed by atoms with Gasteiger partial charge in [0.15, 0.2) is 17.3 Å². The molecule has 39 heavy (non-hydrogen) atoms. The number of carbonyl (C=O) groups excluding carboxylic acids is 3. The van der Waals surface area contributed by atoms with Gasteiger partial charge >= 0.3 is 0 Å². The summed E-state index contributed by atoms with van der Waals surface area (Å²) >= 11 is 0. The number of nitrogens with two attached hydrogens (primary N) is 1. The van der Waals surface area contributed by atoms with E-state index in [9.17, 15) is 34.8 Å². The number of aliphatic hydroxyl groups is 4. The molecule has 10 unspecified atom stereocenters. The van der Waals surface area contributed by atoms with E-state index in [1.165, 1.54) is 7.11 Å². The number of allylic oxidation sites excluding steroid dienone is 7. The quantitative estimate of drug-likeness (QED) is 0.342. The smallest absolute Gasteiger partial charge is 0.189 e. The van der Waals surface area contributed by atoms with Crippen LogP contribution in [0.1, 0.15) is 39.5 Å². The Kier molecular flexibility index (Phi) is 7.12. The molecule has 6 N–H and O–H groups in total. The van der Waals surface area contributed by atoms with Gasteiger partial charge in [0.2, 0.25) is 0 Å². The van der Waals surface area contributed by atoms with Crippen LogP contribution in [0.15, 0.2) is 46.7 Å². The highest BCUT2D eigenvalue weighted by atomic mass is 16.5. The Hall–Kier alpha value is -2.79. The van der Waals surface area contributed by atoms with Crippen LogP contribution in [-0.2, 0) is 23.9 Å². The van der Waals surface area contributed by atoms with Crippen LogP contribution in [-0.4, -0.2) is 75.3 Å². The van der Waals surface area contributed by atoms with E-state index in [2.05, 4.69) is 0 Å². The third-order valence-corrected chi connectivity index (χ3v) is 9.59. The number of Topliss-reactive ketones (excluding diaryl/α,β-unsaturated/α-hetero) is 3. The first-order valence-corrected chi connectivity index (χ1v) is 13.6. The van der Waals surface area contributed by atoms with E-state index in [-0.39, 0.29) is 53.9 Å². The van der Waals surface area contributed by atoms with E-state index in [1.54, 1.807) is 18.2 Å². The fourth-order valence-electron chi connectivity index (χ4n) is 7.29. The van der Waals surface area contributed by atoms with Crippen LogP contribution >= 0.6 is 0 Å². The maximum atomic E-state index is 13.8. The Morgan fingerprint density at radius 1 is 1.15 bits per heavy atom. The topological polar surface area (TPSA) is 177 Å². The van der Waals surface area contributed by atoms with Gasteiger partial charge in [-0.15, -0.1) is 0 Å². The van der Waals surface area contributed by atoms with Gasteiger partial charge in [-0.2, -0.15) is 0 Å². The summed E-state index contributed by atoms with van der Waals surface area (Å²) in [6, 6.07) is -0.143. The molecule has 5 rings (SSSR count). The first kappa shape index (κ1) is 27.8. The van der Waals surface area contributed by atoms with Crippen molar-refractivity contribution in [3.63, 3.8) is 0 Å². The Labute approximate surface area is 226 Å². The second kappa shape index (κ2) is 9.99. The predicted octanol–water partition coefficient (Wildman–Crippen LogP) is 1.57. The molecule has 1 heterocycles. The molecule has 10 heteroatoms. The van der Waals surface area contributed by atoms with E-state index in [0.717, 1.165) is 0 Å². The Bertz CT molecular complexity index is 1200. The van der Waals surface area contributed by atoms with E-state index >= 15 is 0 Å². The van der Waals surface area contributed by atoms with Gasteiger partial charge in [0.05, 0.1) is 43.0 Å². The van der Waals surface area contributed by atoms with Gasteiger partial charge in [-0.05, 0) is 44.1 Å². The van der Waals surface area contributed by atoms with Crippen molar-refractivity contribution in [1.29, 1.82) is 0 Å². The summed E-state index contributed by atoms with van der Waals surface area (Å²) in [5.41, 5.74) is 4.63. The fourth-order valence-corrected chi connectivity index (χ4v) is 7.29. The van der Waals surface area contributed by atoms with E-state index in [0.29, 0.717) is 12.2 Å². The maximum Gasteiger partial charge on any atom is 0.189 e. The normalized spacial score (nSPS) is 42.0. The van der Waals surface area contributed by atoms with E-state index < -0.39 is 71.3 Å². The van der Waals surface area contributed by atoms with Gasteiger partial charge in [0.25, 0.3) is 0 Å². The lowest BCUT2D eigenvalue weighted by Crippen LogP contribution is -2.54. The molecule has 2 saturated carbocycles. The highest BCUT2D eigenvalue weighted by Gasteiger charge is 2.59. The molecule has 10 nitrogen and oxygen atoms in total. The summed E-state index contributed by atoms with van der Waals surface area (Å²) in [6.07, 6.45) is 4.50. The molecular formula is C29H37NO9. The number of fused-ring (bicyclic) bond motifs is 3. The monoisotopic (exact) mass is 543 g/mol. The number of aliphatic hydroxyl groups excluding tert-OH is 3. The van der Waals surface area contributed by atoms with Crippen molar-refractivity contribution >= 4 is 17.3 Å². The SMILES string of the molecule is COC1=CC=CC2C(=O)C3C(O)=C4CC(O)(C(=O)CO)CC(CC5CC(N)C(C)C(C)O5)C4=C(O)C3C(=O)C12. The van der Waals surface area contributed by atoms with Gasteiger partial charge in [-0.1, -0.05) is 19.1 Å². The highest BCUT2D eigenvalue weighted by molar-refractivity contribution is 6.05. The summed E-state index contributed by atoms with van der Waals surface area (Å²) in [5, 5.41) is 44.2. The van der Waals surface area contributed by atoms with Gasteiger partial charge in [-0.25, -0.2) is 0 Å². The first-order chi connectivity index (χ1) is 18.4. The van der Waals surface area contributed by atoms with Crippen molar-refractivity contribution in [2.24, 2.45) is 41.2 Å². The van der Waals surface area contributed by atoms with Crippen LogP contribution in [0.4, 0.5) is 0 Å². The Morgan fingerprint density at radius 3 is 2.49 bits per heavy atom. The lowest BCUT2D eigenvalue weighted by molar-refractivity contribution is -0.146. The minimum absolute atomic E-state index is 0.0673. The van der Waals surface area contributed by atoms with Crippen molar-refractivity contribution in [3.8, 4) is 0 Å². The molecule has 4 aliphatic carbocycles. The van der Waals surface area contributed by atoms with Crippen molar-refractivity contribution in [2.75, 3.05) is 13.7 Å². The minimum Gasteiger partial charge on any atom is -0.511 e. The zero-order valence-electron chi connectivity index (χ0n) is 22.4. The zero-order valence-corrected chi connectivity index (χ0v) is 22.4. The molecule has 0 aromatic carbocycles. The number of ketones is 3. The van der Waals surface area contributed by atoms with Crippen LogP contribution in [0, 0.1) is 35.5 Å². The van der Waals surface area contributed by atoms with Crippen molar-refractivity contribution in [3.05, 3.63) is 46.7 Å². The molecular weight excluding hydrogens is 506 g/mol. The number of carbonyl (C=O) groups is 3. The molecule has 0 radical (unpaired) electrons. The molecule has 3 fully saturated rings. The minimum atomic E-state index is -2.03. The second-order valence-corrected chi connectivity index (χ2v) is 11.7. The van der Waals surface area contributed by atoms with E-state index in [1.807, 2.05) is 13.8 Å². The second-order valence-electron chi connectivity index (χ2n) is 11.7. The van der Waals surface area contributed by atoms with Crippen molar-refractivity contribution in [2.45, 2.75) is 63.4 Å². The van der Waals surface area contributed by atoms with Crippen LogP contribution in [0.3, 0.4) is 0 Å². The molecule has 5 aliphatic rings. The van der Waals surface area contributed by atoms with Crippen LogP contribution < -0.4 is 5.73 Å². The molecule has 10 atom stereocenters. The molecule has 0 aromatic rings. The third-order valence-electron chi connectivity index (χ3n) is 9.59. The van der Waals surface area contributed by atoms with Gasteiger partial charge in [0, 0.05) is 23.6 Å². The standard InChI is InChI=1S/C29H37NO9/c1-12-13(2)39-15(8-18(12)30)7-14-9-29(37,20(32)11-31)10-17-21(14)27(35)24-23(26(17)34)25(33)16-5-4-6-19(38-3)22(16)28(24)36/h4-6,12-16,18,22-24,31,34-35,37H,7-11,30H2,1-3H3. The zero-order chi connectivity index (χ0) is 28.4. The lowest BCUT2D eigenvalue weighted by atomic mass is 9.57. The number of rotatable bonds is 5. The summed E-state index contributed by atoms with van der Waals surface area (Å²) in [5.74, 6) is -7.25. The van der Waals surface area contributed by atoms with Crippen molar-refractivity contribution in [1.82, 2.24) is 0 Å². The average molecular weight is 544 g/mol. The van der Waals surface area contributed by atoms with Crippen LogP contribution in [0.25, 0.3) is 0 Å². The third kappa shape index (κ3) is 4.28. The summed E-state index contributed by atoms with van der Waals surface area (Å²) in [6.45, 7) is 3.01. The summed E-state index contributed by atoms with van der Waals surface area (Å²) < 4.78 is 11.6. The molecule has 0 spiro atoms. The first-order valence-electron chi connectivity index (χ1n) is 13.6. The van der Waals surface area contributed by atoms with Gasteiger partial charge in [0.1, 0.15) is 29.5 Å². The summed E-state index contributed by atoms with van der Waals surface area (Å²) in [4.78, 5) is 40.2. The fraction of sp³-hybridized carbons (Fsp3) is 0.621.